The SMILES string of the molecule is CC(C)(CCCC(=O)[O-])C(C)(C)C(=O)[O-].CC(C)(CCCC(=O)[O-])C(C)(C)C(=O)[O-].CC(C)(CCCC(=O)[O-])C(C)(C)C(=O)[O-].[Ru+6]. The summed E-state index contributed by atoms with van der Waals surface area (Å²) in [6, 6.07) is 0. The van der Waals surface area contributed by atoms with E-state index in [0.717, 1.165) is 0 Å². The summed E-state index contributed by atoms with van der Waals surface area (Å²) in [5, 5.41) is 63.5. The molecule has 46 heavy (non-hydrogen) atoms. The number of carbonyl (C=O) groups excluding carboxylic acids is 6. The maximum atomic E-state index is 10.9. The predicted octanol–water partition coefficient (Wildman–Crippen LogP) is -0.876. The smallest absolute Gasteiger partial charge is 0.550 e. The number of hydrogen-bond donors (Lipinski definition) is 0. The maximum Gasteiger partial charge on any atom is 6.00 e. The van der Waals surface area contributed by atoms with E-state index in [-0.39, 0.29) is 38.7 Å². The van der Waals surface area contributed by atoms with Gasteiger partial charge in [0.2, 0.25) is 0 Å². The van der Waals surface area contributed by atoms with Crippen LogP contribution < -0.4 is 30.6 Å². The van der Waals surface area contributed by atoms with Crippen molar-refractivity contribution in [2.75, 3.05) is 0 Å². The van der Waals surface area contributed by atoms with E-state index in [4.69, 9.17) is 0 Å². The number of rotatable bonds is 18. The van der Waals surface area contributed by atoms with E-state index in [1.807, 2.05) is 0 Å². The van der Waals surface area contributed by atoms with Gasteiger partial charge in [0.25, 0.3) is 0 Å². The van der Waals surface area contributed by atoms with Crippen molar-refractivity contribution in [2.45, 2.75) is 141 Å². The Labute approximate surface area is 287 Å². The number of carboxylic acid groups (broad SMARTS) is 6. The molecular weight excluding hydrogens is 689 g/mol. The maximum absolute atomic E-state index is 10.9. The third-order valence-corrected chi connectivity index (χ3v) is 10.2. The van der Waals surface area contributed by atoms with Crippen molar-refractivity contribution in [2.24, 2.45) is 32.5 Å². The zero-order valence-corrected chi connectivity index (χ0v) is 31.4. The molecule has 0 heterocycles. The number of carbonyl (C=O) groups is 6. The molecule has 266 valence electrons. The van der Waals surface area contributed by atoms with Gasteiger partial charge in [0.1, 0.15) is 0 Å². The first kappa shape index (κ1) is 50.3. The summed E-state index contributed by atoms with van der Waals surface area (Å²) < 4.78 is 0. The zero-order chi connectivity index (χ0) is 36.8. The first-order valence-corrected chi connectivity index (χ1v) is 15.1. The Morgan fingerprint density at radius 3 is 0.630 bits per heavy atom. The van der Waals surface area contributed by atoms with Crippen molar-refractivity contribution in [3.05, 3.63) is 0 Å². The fraction of sp³-hybridized carbons (Fsp3) is 0.818. The van der Waals surface area contributed by atoms with Crippen LogP contribution in [-0.4, -0.2) is 35.8 Å². The van der Waals surface area contributed by atoms with Crippen molar-refractivity contribution in [1.82, 2.24) is 0 Å². The van der Waals surface area contributed by atoms with Crippen molar-refractivity contribution in [3.8, 4) is 0 Å². The van der Waals surface area contributed by atoms with Crippen LogP contribution in [0.3, 0.4) is 0 Å². The molecule has 12 nitrogen and oxygen atoms in total. The topological polar surface area (TPSA) is 241 Å². The molecule has 0 spiro atoms. The second-order valence-corrected chi connectivity index (χ2v) is 15.1. The van der Waals surface area contributed by atoms with Crippen molar-refractivity contribution in [3.63, 3.8) is 0 Å². The van der Waals surface area contributed by atoms with E-state index in [1.54, 1.807) is 83.1 Å². The van der Waals surface area contributed by atoms with Crippen LogP contribution in [0.15, 0.2) is 0 Å². The molecule has 13 heteroatoms. The molecule has 0 aromatic rings. The summed E-state index contributed by atoms with van der Waals surface area (Å²) >= 11 is 0. The second kappa shape index (κ2) is 20.0. The zero-order valence-electron chi connectivity index (χ0n) is 29.6. The average Bonchev–Trinajstić information content (AvgIpc) is 2.83. The Kier molecular flexibility index (Phi) is 21.8. The van der Waals surface area contributed by atoms with Gasteiger partial charge >= 0.3 is 19.5 Å². The van der Waals surface area contributed by atoms with Crippen LogP contribution >= 0.6 is 0 Å². The third-order valence-electron chi connectivity index (χ3n) is 10.2. The summed E-state index contributed by atoms with van der Waals surface area (Å²) in [7, 11) is 0. The van der Waals surface area contributed by atoms with Crippen LogP contribution in [0.5, 0.6) is 0 Å². The molecule has 0 aliphatic rings. The van der Waals surface area contributed by atoms with Crippen molar-refractivity contribution in [1.29, 1.82) is 0 Å². The van der Waals surface area contributed by atoms with Crippen LogP contribution in [-0.2, 0) is 48.2 Å². The van der Waals surface area contributed by atoms with Gasteiger partial charge < -0.3 is 59.4 Å². The molecule has 0 saturated carbocycles. The fourth-order valence-electron chi connectivity index (χ4n) is 3.79. The van der Waals surface area contributed by atoms with Crippen LogP contribution in [0, 0.1) is 32.5 Å². The molecule has 0 aromatic carbocycles. The van der Waals surface area contributed by atoms with Gasteiger partial charge in [-0.15, -0.1) is 0 Å². The molecule has 0 aromatic heterocycles. The van der Waals surface area contributed by atoms with Gasteiger partial charge in [0, 0.05) is 52.1 Å². The summed E-state index contributed by atoms with van der Waals surface area (Å²) in [6.45, 7) is 20.4. The fourth-order valence-corrected chi connectivity index (χ4v) is 3.79. The van der Waals surface area contributed by atoms with Gasteiger partial charge in [-0.25, -0.2) is 0 Å². The van der Waals surface area contributed by atoms with Crippen LogP contribution in [0.1, 0.15) is 141 Å². The quantitative estimate of drug-likeness (QED) is 0.156. The summed E-state index contributed by atoms with van der Waals surface area (Å²) in [5.74, 6) is -6.63. The Hall–Kier alpha value is -2.56. The first-order chi connectivity index (χ1) is 19.8. The standard InChI is InChI=1S/3C11H20O4.Ru/c3*1-10(2,7-5-6-8(12)13)11(3,4)9(14)15;/h3*5-7H2,1-4H3,(H,12,13)(H,14,15);/q;;;+6/p-6. The largest absolute Gasteiger partial charge is 6.00 e. The van der Waals surface area contributed by atoms with Gasteiger partial charge in [-0.05, 0) is 74.0 Å². The van der Waals surface area contributed by atoms with E-state index >= 15 is 0 Å². The van der Waals surface area contributed by atoms with Crippen molar-refractivity contribution < 1.29 is 78.9 Å². The molecule has 0 unspecified atom stereocenters. The molecule has 0 atom stereocenters. The molecule has 0 N–H and O–H groups in total. The Morgan fingerprint density at radius 2 is 0.522 bits per heavy atom. The predicted molar refractivity (Wildman–Crippen MR) is 154 cm³/mol. The molecule has 0 rings (SSSR count). The van der Waals surface area contributed by atoms with Gasteiger partial charge in [0.05, 0.1) is 0 Å². The Balaban J connectivity index is -0.000000285. The minimum atomic E-state index is -1.11. The molecular formula is C33H54O12Ru. The molecule has 0 radical (unpaired) electrons. The van der Waals surface area contributed by atoms with E-state index in [9.17, 15) is 59.4 Å². The van der Waals surface area contributed by atoms with E-state index in [2.05, 4.69) is 0 Å². The second-order valence-electron chi connectivity index (χ2n) is 15.1. The Morgan fingerprint density at radius 1 is 0.370 bits per heavy atom. The van der Waals surface area contributed by atoms with Gasteiger partial charge in [-0.2, -0.15) is 0 Å². The molecule has 0 fully saturated rings. The molecule has 0 amide bonds. The molecule has 0 aliphatic heterocycles. The van der Waals surface area contributed by atoms with Crippen molar-refractivity contribution >= 4 is 35.8 Å². The van der Waals surface area contributed by atoms with Gasteiger partial charge in [0.15, 0.2) is 0 Å². The average molecular weight is 744 g/mol. The van der Waals surface area contributed by atoms with Gasteiger partial charge in [-0.3, -0.25) is 0 Å². The minimum absolute atomic E-state index is 0. The Bertz CT molecular complexity index is 895. The van der Waals surface area contributed by atoms with Crippen LogP contribution in [0.25, 0.3) is 0 Å². The monoisotopic (exact) mass is 744 g/mol. The first-order valence-electron chi connectivity index (χ1n) is 15.1. The number of hydrogen-bond acceptors (Lipinski definition) is 12. The summed E-state index contributed by atoms with van der Waals surface area (Å²) in [5.41, 5.74) is -4.42. The molecule has 0 saturated heterocycles. The van der Waals surface area contributed by atoms with Gasteiger partial charge in [-0.1, -0.05) is 83.1 Å². The normalized spacial score (nSPS) is 12.3. The van der Waals surface area contributed by atoms with E-state index < -0.39 is 68.3 Å². The number of aliphatic carboxylic acids is 6. The number of carboxylic acids is 6. The van der Waals surface area contributed by atoms with Crippen LogP contribution in [0.2, 0.25) is 0 Å². The minimum Gasteiger partial charge on any atom is -0.550 e. The van der Waals surface area contributed by atoms with Crippen LogP contribution in [0.4, 0.5) is 0 Å². The third kappa shape index (κ3) is 16.8. The molecule has 0 bridgehead atoms. The summed E-state index contributed by atoms with van der Waals surface area (Å²) in [4.78, 5) is 63.5. The summed E-state index contributed by atoms with van der Waals surface area (Å²) in [6.07, 6.45) is 2.71. The van der Waals surface area contributed by atoms with E-state index in [0.29, 0.717) is 38.5 Å². The molecule has 0 aliphatic carbocycles. The van der Waals surface area contributed by atoms with E-state index in [1.165, 1.54) is 0 Å².